The lowest BCUT2D eigenvalue weighted by atomic mass is 10.1. The van der Waals surface area contributed by atoms with Crippen molar-refractivity contribution in [3.8, 4) is 5.75 Å². The number of thioether (sulfide) groups is 1. The molecular weight excluding hydrogens is 444 g/mol. The van der Waals surface area contributed by atoms with Gasteiger partial charge in [0.25, 0.3) is 5.91 Å². The van der Waals surface area contributed by atoms with E-state index in [1.807, 2.05) is 6.07 Å². The number of hydrogen-bond donors (Lipinski definition) is 2. The van der Waals surface area contributed by atoms with Gasteiger partial charge in [-0.25, -0.2) is 0 Å². The van der Waals surface area contributed by atoms with E-state index in [1.165, 1.54) is 21.9 Å². The van der Waals surface area contributed by atoms with Crippen LogP contribution in [0.2, 0.25) is 5.02 Å². The highest BCUT2D eigenvalue weighted by Crippen LogP contribution is 2.33. The van der Waals surface area contributed by atoms with E-state index in [1.54, 1.807) is 43.5 Å². The van der Waals surface area contributed by atoms with Gasteiger partial charge in [0, 0.05) is 12.1 Å². The number of hydrogen-bond acceptors (Lipinski definition) is 6. The molecule has 0 radical (unpaired) electrons. The molecule has 1 atom stereocenters. The molecule has 2 N–H and O–H groups in total. The Balaban J connectivity index is 1.64. The Labute approximate surface area is 188 Å². The van der Waals surface area contributed by atoms with Crippen LogP contribution in [0.4, 0.5) is 0 Å². The Kier molecular flexibility index (Phi) is 7.14. The number of benzene rings is 2. The van der Waals surface area contributed by atoms with Gasteiger partial charge in [-0.1, -0.05) is 65.9 Å². The number of aliphatic hydroxyl groups excluding tert-OH is 1. The third-order valence-corrected chi connectivity index (χ3v) is 6.23. The number of rotatable bonds is 6. The van der Waals surface area contributed by atoms with Crippen molar-refractivity contribution in [2.75, 3.05) is 20.1 Å². The number of likely N-dealkylation sites (N-methyl/N-ethyl adjacent to an activating group) is 1. The minimum Gasteiger partial charge on any atom is -0.508 e. The summed E-state index contributed by atoms with van der Waals surface area (Å²) in [6, 6.07) is 13.2. The van der Waals surface area contributed by atoms with Crippen molar-refractivity contribution in [2.45, 2.75) is 6.10 Å². The summed E-state index contributed by atoms with van der Waals surface area (Å²) in [4.78, 5) is 28.3. The second-order valence-electron chi connectivity index (χ2n) is 6.67. The summed E-state index contributed by atoms with van der Waals surface area (Å²) >= 11 is 12.5. The number of carbonyl (C=O) groups excluding carboxylic acids is 2. The van der Waals surface area contributed by atoms with Crippen LogP contribution in [0.15, 0.2) is 53.4 Å². The molecule has 3 rings (SSSR count). The molecule has 1 saturated heterocycles. The van der Waals surface area contributed by atoms with Crippen LogP contribution < -0.4 is 0 Å². The largest absolute Gasteiger partial charge is 0.508 e. The summed E-state index contributed by atoms with van der Waals surface area (Å²) in [6.45, 7) is -0.183. The Morgan fingerprint density at radius 1 is 1.27 bits per heavy atom. The van der Waals surface area contributed by atoms with Gasteiger partial charge in [0.1, 0.15) is 16.6 Å². The summed E-state index contributed by atoms with van der Waals surface area (Å²) in [5.74, 6) is -0.622. The van der Waals surface area contributed by atoms with Crippen LogP contribution >= 0.6 is 35.6 Å². The lowest BCUT2D eigenvalue weighted by Crippen LogP contribution is -2.41. The number of aliphatic hydroxyl groups is 1. The van der Waals surface area contributed by atoms with Crippen LogP contribution in [0.3, 0.4) is 0 Å². The average Bonchev–Trinajstić information content (AvgIpc) is 2.97. The number of amides is 2. The second-order valence-corrected chi connectivity index (χ2v) is 8.75. The van der Waals surface area contributed by atoms with E-state index < -0.39 is 6.10 Å². The number of thiocarbonyl (C=S) groups is 1. The molecule has 1 aliphatic heterocycles. The Morgan fingerprint density at radius 3 is 2.60 bits per heavy atom. The van der Waals surface area contributed by atoms with Crippen LogP contribution in [-0.2, 0) is 9.59 Å². The average molecular weight is 463 g/mol. The number of phenols is 1. The summed E-state index contributed by atoms with van der Waals surface area (Å²) in [5.41, 5.74) is 1.26. The molecular formula is C21H19ClN2O4S2. The van der Waals surface area contributed by atoms with Gasteiger partial charge in [0.2, 0.25) is 5.91 Å². The molecule has 30 heavy (non-hydrogen) atoms. The van der Waals surface area contributed by atoms with E-state index >= 15 is 0 Å². The van der Waals surface area contributed by atoms with Crippen molar-refractivity contribution >= 4 is 57.8 Å². The third kappa shape index (κ3) is 5.20. The molecule has 0 spiro atoms. The molecule has 9 heteroatoms. The quantitative estimate of drug-likeness (QED) is 0.505. The molecule has 2 aromatic rings. The van der Waals surface area contributed by atoms with E-state index in [0.29, 0.717) is 25.4 Å². The summed E-state index contributed by atoms with van der Waals surface area (Å²) in [6.07, 6.45) is 0.732. The highest BCUT2D eigenvalue weighted by atomic mass is 35.5. The van der Waals surface area contributed by atoms with E-state index in [-0.39, 0.29) is 30.7 Å². The van der Waals surface area contributed by atoms with Crippen molar-refractivity contribution in [3.05, 3.63) is 69.6 Å². The molecule has 0 aromatic heterocycles. The lowest BCUT2D eigenvalue weighted by molar-refractivity contribution is -0.135. The maximum Gasteiger partial charge on any atom is 0.266 e. The smallest absolute Gasteiger partial charge is 0.266 e. The Hall–Kier alpha value is -2.39. The molecule has 0 unspecified atom stereocenters. The molecule has 0 saturated carbocycles. The third-order valence-electron chi connectivity index (χ3n) is 4.51. The fourth-order valence-corrected chi connectivity index (χ4v) is 4.23. The second kappa shape index (κ2) is 9.61. The fraction of sp³-hybridized carbons (Fsp3) is 0.190. The monoisotopic (exact) mass is 462 g/mol. The minimum absolute atomic E-state index is 0.0356. The van der Waals surface area contributed by atoms with Crippen LogP contribution in [0.25, 0.3) is 6.08 Å². The molecule has 156 valence electrons. The minimum atomic E-state index is -0.925. The maximum absolute atomic E-state index is 12.7. The van der Waals surface area contributed by atoms with Crippen molar-refractivity contribution in [3.63, 3.8) is 0 Å². The lowest BCUT2D eigenvalue weighted by Gasteiger charge is -2.23. The topological polar surface area (TPSA) is 81.1 Å². The van der Waals surface area contributed by atoms with Gasteiger partial charge in [-0.15, -0.1) is 0 Å². The van der Waals surface area contributed by atoms with Gasteiger partial charge in [0.05, 0.1) is 17.6 Å². The first-order valence-corrected chi connectivity index (χ1v) is 10.6. The molecule has 6 nitrogen and oxygen atoms in total. The Morgan fingerprint density at radius 2 is 1.93 bits per heavy atom. The maximum atomic E-state index is 12.7. The predicted molar refractivity (Wildman–Crippen MR) is 122 cm³/mol. The van der Waals surface area contributed by atoms with Gasteiger partial charge in [-0.05, 0) is 35.4 Å². The zero-order chi connectivity index (χ0) is 21.8. The van der Waals surface area contributed by atoms with Crippen molar-refractivity contribution in [1.82, 2.24) is 9.80 Å². The van der Waals surface area contributed by atoms with E-state index in [4.69, 9.17) is 23.8 Å². The number of carbonyl (C=O) groups is 2. The summed E-state index contributed by atoms with van der Waals surface area (Å²) in [5, 5.41) is 20.2. The fourth-order valence-electron chi connectivity index (χ4n) is 2.79. The molecule has 1 fully saturated rings. The molecule has 2 aromatic carbocycles. The van der Waals surface area contributed by atoms with Gasteiger partial charge in [-0.2, -0.15) is 0 Å². The van der Waals surface area contributed by atoms with Crippen molar-refractivity contribution in [2.24, 2.45) is 0 Å². The van der Waals surface area contributed by atoms with Crippen LogP contribution in [0, 0.1) is 0 Å². The standard InChI is InChI=1S/C21H19ClN2O4S2/c1-23(11-17(26)13-6-8-15(25)9-7-13)19(27)12-24-20(28)18(30-21(24)29)10-14-4-2-3-5-16(14)22/h2-10,17,25-26H,11-12H2,1H3/b18-10+/t17-/m1/s1. The first-order valence-electron chi connectivity index (χ1n) is 8.97. The number of nitrogens with zero attached hydrogens (tertiary/aromatic N) is 2. The van der Waals surface area contributed by atoms with Gasteiger partial charge >= 0.3 is 0 Å². The Bertz CT molecular complexity index is 1010. The number of halogens is 1. The SMILES string of the molecule is CN(C[C@@H](O)c1ccc(O)cc1)C(=O)CN1C(=O)/C(=C\c2ccccc2Cl)SC1=S. The zero-order valence-corrected chi connectivity index (χ0v) is 18.4. The molecule has 2 amide bonds. The highest BCUT2D eigenvalue weighted by Gasteiger charge is 2.34. The summed E-state index contributed by atoms with van der Waals surface area (Å²) in [7, 11) is 1.54. The normalized spacial score (nSPS) is 16.2. The van der Waals surface area contributed by atoms with E-state index in [2.05, 4.69) is 0 Å². The first-order chi connectivity index (χ1) is 14.3. The van der Waals surface area contributed by atoms with Crippen LogP contribution in [0.5, 0.6) is 5.75 Å². The van der Waals surface area contributed by atoms with Gasteiger partial charge < -0.3 is 15.1 Å². The number of aromatic hydroxyl groups is 1. The van der Waals surface area contributed by atoms with Gasteiger partial charge in [-0.3, -0.25) is 14.5 Å². The zero-order valence-electron chi connectivity index (χ0n) is 16.0. The van der Waals surface area contributed by atoms with E-state index in [0.717, 1.165) is 11.8 Å². The van der Waals surface area contributed by atoms with Crippen LogP contribution in [0.1, 0.15) is 17.2 Å². The van der Waals surface area contributed by atoms with Crippen molar-refractivity contribution in [1.29, 1.82) is 0 Å². The highest BCUT2D eigenvalue weighted by molar-refractivity contribution is 8.26. The van der Waals surface area contributed by atoms with Crippen molar-refractivity contribution < 1.29 is 19.8 Å². The predicted octanol–water partition coefficient (Wildman–Crippen LogP) is 3.44. The molecule has 1 heterocycles. The summed E-state index contributed by atoms with van der Waals surface area (Å²) < 4.78 is 0.291. The molecule has 1 aliphatic rings. The van der Waals surface area contributed by atoms with E-state index in [9.17, 15) is 19.8 Å². The molecule has 0 bridgehead atoms. The molecule has 0 aliphatic carbocycles. The van der Waals surface area contributed by atoms with Gasteiger partial charge in [0.15, 0.2) is 0 Å². The first kappa shape index (κ1) is 22.3. The number of phenolic OH excluding ortho intramolecular Hbond substituents is 1. The van der Waals surface area contributed by atoms with Crippen LogP contribution in [-0.4, -0.2) is 56.3 Å².